The van der Waals surface area contributed by atoms with Crippen LogP contribution in [0.2, 0.25) is 0 Å². The first-order chi connectivity index (χ1) is 15.8. The van der Waals surface area contributed by atoms with Crippen LogP contribution in [0.4, 0.5) is 5.00 Å². The Balaban J connectivity index is 1.21. The zero-order chi connectivity index (χ0) is 21.5. The first-order valence-electron chi connectivity index (χ1n) is 11.4. The third-order valence-electron chi connectivity index (χ3n) is 6.02. The first kappa shape index (κ1) is 20.3. The molecule has 5 aromatic heterocycles. The number of anilines is 1. The molecule has 6 heteroatoms. The molecule has 0 radical (unpaired) electrons. The van der Waals surface area contributed by atoms with Crippen LogP contribution in [0.1, 0.15) is 45.4 Å². The minimum Gasteiger partial charge on any atom is -0.455 e. The molecular formula is C26H25NO2S3. The van der Waals surface area contributed by atoms with Gasteiger partial charge in [-0.15, -0.1) is 34.0 Å². The van der Waals surface area contributed by atoms with Crippen LogP contribution in [0.5, 0.6) is 0 Å². The molecule has 6 rings (SSSR count). The highest BCUT2D eigenvalue weighted by Gasteiger charge is 2.17. The molecule has 1 aromatic carbocycles. The van der Waals surface area contributed by atoms with Crippen molar-refractivity contribution in [1.82, 2.24) is 0 Å². The van der Waals surface area contributed by atoms with Gasteiger partial charge in [0.05, 0.1) is 14.4 Å². The minimum atomic E-state index is 0.902. The molecule has 0 saturated carbocycles. The van der Waals surface area contributed by atoms with E-state index in [1.165, 1.54) is 73.5 Å². The van der Waals surface area contributed by atoms with E-state index in [0.717, 1.165) is 28.9 Å². The molecule has 0 amide bonds. The number of hydrogen-bond donors (Lipinski definition) is 1. The Labute approximate surface area is 198 Å². The summed E-state index contributed by atoms with van der Waals surface area (Å²) in [6.07, 6.45) is 7.97. The van der Waals surface area contributed by atoms with E-state index >= 15 is 0 Å². The van der Waals surface area contributed by atoms with Crippen molar-refractivity contribution in [2.75, 3.05) is 11.9 Å². The van der Waals surface area contributed by atoms with Crippen LogP contribution in [-0.2, 0) is 0 Å². The normalized spacial score (nSPS) is 12.2. The molecule has 0 aliphatic heterocycles. The van der Waals surface area contributed by atoms with Crippen molar-refractivity contribution in [3.63, 3.8) is 0 Å². The van der Waals surface area contributed by atoms with Crippen molar-refractivity contribution in [3.8, 4) is 9.75 Å². The number of thiophene rings is 3. The van der Waals surface area contributed by atoms with Gasteiger partial charge in [-0.1, -0.05) is 39.0 Å². The van der Waals surface area contributed by atoms with Gasteiger partial charge in [0, 0.05) is 39.2 Å². The lowest BCUT2D eigenvalue weighted by atomic mass is 10.1. The molecule has 3 nitrogen and oxygen atoms in total. The van der Waals surface area contributed by atoms with Crippen molar-refractivity contribution >= 4 is 81.5 Å². The van der Waals surface area contributed by atoms with E-state index in [4.69, 9.17) is 8.83 Å². The number of unbranched alkanes of at least 4 members (excludes halogenated alkanes) is 5. The minimum absolute atomic E-state index is 0.902. The Hall–Kier alpha value is -2.28. The van der Waals surface area contributed by atoms with Crippen molar-refractivity contribution in [2.24, 2.45) is 0 Å². The zero-order valence-electron chi connectivity index (χ0n) is 18.0. The predicted octanol–water partition coefficient (Wildman–Crippen LogP) is 10.1. The van der Waals surface area contributed by atoms with Crippen molar-refractivity contribution in [1.29, 1.82) is 0 Å². The Bertz CT molecular complexity index is 1510. The van der Waals surface area contributed by atoms with Gasteiger partial charge in [-0.2, -0.15) is 0 Å². The van der Waals surface area contributed by atoms with Gasteiger partial charge in [0.2, 0.25) is 0 Å². The van der Waals surface area contributed by atoms with Gasteiger partial charge in [0.15, 0.2) is 0 Å². The number of rotatable bonds is 9. The lowest BCUT2D eigenvalue weighted by Crippen LogP contribution is -1.99. The molecule has 0 aliphatic rings. The second-order valence-electron chi connectivity index (χ2n) is 8.33. The van der Waals surface area contributed by atoms with Crippen LogP contribution >= 0.6 is 34.0 Å². The smallest absolute Gasteiger partial charge is 0.146 e. The summed E-state index contributed by atoms with van der Waals surface area (Å²) in [7, 11) is 0. The van der Waals surface area contributed by atoms with Gasteiger partial charge in [0.25, 0.3) is 0 Å². The largest absolute Gasteiger partial charge is 0.455 e. The number of furan rings is 2. The van der Waals surface area contributed by atoms with E-state index < -0.39 is 0 Å². The molecule has 6 aromatic rings. The molecular weight excluding hydrogens is 454 g/mol. The van der Waals surface area contributed by atoms with E-state index in [1.54, 1.807) is 11.3 Å². The van der Waals surface area contributed by atoms with Gasteiger partial charge < -0.3 is 14.2 Å². The Morgan fingerprint density at radius 2 is 1.53 bits per heavy atom. The maximum Gasteiger partial charge on any atom is 0.146 e. The van der Waals surface area contributed by atoms with Gasteiger partial charge >= 0.3 is 0 Å². The highest BCUT2D eigenvalue weighted by atomic mass is 32.1. The van der Waals surface area contributed by atoms with Crippen LogP contribution in [0.3, 0.4) is 0 Å². The second kappa shape index (κ2) is 8.58. The summed E-state index contributed by atoms with van der Waals surface area (Å²) in [5, 5.41) is 9.30. The molecule has 164 valence electrons. The third kappa shape index (κ3) is 3.64. The quantitative estimate of drug-likeness (QED) is 0.210. The monoisotopic (exact) mass is 479 g/mol. The average molecular weight is 480 g/mol. The summed E-state index contributed by atoms with van der Waals surface area (Å²) >= 11 is 5.38. The number of fused-ring (bicyclic) bond motifs is 6. The summed E-state index contributed by atoms with van der Waals surface area (Å²) in [6.45, 7) is 3.32. The molecule has 0 aliphatic carbocycles. The molecule has 5 heterocycles. The van der Waals surface area contributed by atoms with Crippen molar-refractivity contribution in [3.05, 3.63) is 41.8 Å². The van der Waals surface area contributed by atoms with Crippen molar-refractivity contribution in [2.45, 2.75) is 45.4 Å². The summed E-state index contributed by atoms with van der Waals surface area (Å²) in [4.78, 5) is 2.57. The Morgan fingerprint density at radius 3 is 2.44 bits per heavy atom. The molecule has 0 spiro atoms. The SMILES string of the molecule is CCCCCCCCNc1ccc(-c2cc3oc4cc5oc6ccsc6c5cc4c3s2)s1. The van der Waals surface area contributed by atoms with Gasteiger partial charge in [0.1, 0.15) is 22.3 Å². The van der Waals surface area contributed by atoms with Crippen LogP contribution in [0.25, 0.3) is 52.3 Å². The predicted molar refractivity (Wildman–Crippen MR) is 142 cm³/mol. The number of nitrogens with one attached hydrogen (secondary N) is 1. The van der Waals surface area contributed by atoms with E-state index in [-0.39, 0.29) is 0 Å². The van der Waals surface area contributed by atoms with Crippen LogP contribution < -0.4 is 5.32 Å². The summed E-state index contributed by atoms with van der Waals surface area (Å²) in [5.41, 5.74) is 3.73. The lowest BCUT2D eigenvalue weighted by Gasteiger charge is -2.03. The van der Waals surface area contributed by atoms with Crippen LogP contribution in [0, 0.1) is 0 Å². The van der Waals surface area contributed by atoms with Crippen molar-refractivity contribution < 1.29 is 8.83 Å². The summed E-state index contributed by atoms with van der Waals surface area (Å²) in [5.74, 6) is 0. The average Bonchev–Trinajstić information content (AvgIpc) is 3.57. The fourth-order valence-electron chi connectivity index (χ4n) is 4.34. The Kier molecular flexibility index (Phi) is 5.45. The standard InChI is InChI=1S/C26H25NO2S3/c1-2-3-4-5-6-7-11-27-24-9-8-22(31-24)23-15-21-26(32-23)17-13-16-19(14-20(17)29-21)28-18-10-12-30-25(16)18/h8-10,12-15,27H,2-7,11H2,1H3. The summed E-state index contributed by atoms with van der Waals surface area (Å²) < 4.78 is 14.6. The van der Waals surface area contributed by atoms with E-state index in [1.807, 2.05) is 34.8 Å². The van der Waals surface area contributed by atoms with Gasteiger partial charge in [-0.25, -0.2) is 0 Å². The molecule has 1 N–H and O–H groups in total. The zero-order valence-corrected chi connectivity index (χ0v) is 20.5. The number of hydrogen-bond acceptors (Lipinski definition) is 6. The van der Waals surface area contributed by atoms with Crippen LogP contribution in [-0.4, -0.2) is 6.54 Å². The molecule has 32 heavy (non-hydrogen) atoms. The fourth-order valence-corrected chi connectivity index (χ4v) is 7.30. The fraction of sp³-hybridized carbons (Fsp3) is 0.308. The number of benzene rings is 1. The molecule has 0 atom stereocenters. The third-order valence-corrected chi connectivity index (χ3v) is 9.33. The Morgan fingerprint density at radius 1 is 0.719 bits per heavy atom. The maximum atomic E-state index is 6.20. The van der Waals surface area contributed by atoms with E-state index in [2.05, 4.69) is 41.9 Å². The van der Waals surface area contributed by atoms with Crippen LogP contribution in [0.15, 0.2) is 50.6 Å². The lowest BCUT2D eigenvalue weighted by molar-refractivity contribution is 0.617. The van der Waals surface area contributed by atoms with Gasteiger partial charge in [-0.05, 0) is 36.1 Å². The highest BCUT2D eigenvalue weighted by molar-refractivity contribution is 7.27. The topological polar surface area (TPSA) is 38.3 Å². The molecule has 0 unspecified atom stereocenters. The molecule has 0 bridgehead atoms. The van der Waals surface area contributed by atoms with Gasteiger partial charge in [-0.3, -0.25) is 0 Å². The highest BCUT2D eigenvalue weighted by Crippen LogP contribution is 2.44. The second-order valence-corrected chi connectivity index (χ2v) is 11.4. The van der Waals surface area contributed by atoms with E-state index in [9.17, 15) is 0 Å². The molecule has 0 fully saturated rings. The van der Waals surface area contributed by atoms with E-state index in [0.29, 0.717) is 0 Å². The maximum absolute atomic E-state index is 6.20. The summed E-state index contributed by atoms with van der Waals surface area (Å²) in [6, 6.07) is 12.9. The first-order valence-corrected chi connectivity index (χ1v) is 13.9. The molecule has 0 saturated heterocycles.